The van der Waals surface area contributed by atoms with Crippen LogP contribution in [0.1, 0.15) is 106 Å². The molecule has 0 spiro atoms. The van der Waals surface area contributed by atoms with Gasteiger partial charge in [-0.25, -0.2) is 9.97 Å². The molecule has 8 atom stereocenters. The first-order valence-electron chi connectivity index (χ1n) is 17.8. The normalized spacial score (nSPS) is 33.8. The largest absolute Gasteiger partial charge is 0.462 e. The SMILES string of the molecule is CC(=O)O[C@H]1CC[C@@]2(C)C(=C/C(=N\Nc3nc4nc5ccccc5nc4s3)[C@H]3[C@@H]4CC[C@H]([C@H](C)CCCC(C)C)[C@@]4(C)CC[C@@H]32)C1. The second-order valence-corrected chi connectivity index (χ2v) is 16.8. The average Bonchev–Trinajstić information content (AvgIpc) is 3.58. The first kappa shape index (κ1) is 31.7. The summed E-state index contributed by atoms with van der Waals surface area (Å²) >= 11 is 1.51. The van der Waals surface area contributed by atoms with Crippen molar-refractivity contribution < 1.29 is 9.53 Å². The zero-order chi connectivity index (χ0) is 32.2. The minimum atomic E-state index is -0.183. The van der Waals surface area contributed by atoms with Gasteiger partial charge in [0.25, 0.3) is 0 Å². The van der Waals surface area contributed by atoms with Gasteiger partial charge in [0, 0.05) is 19.3 Å². The van der Waals surface area contributed by atoms with E-state index >= 15 is 0 Å². The molecule has 7 nitrogen and oxygen atoms in total. The molecule has 4 aliphatic rings. The maximum absolute atomic E-state index is 11.9. The van der Waals surface area contributed by atoms with Crippen LogP contribution in [-0.2, 0) is 9.53 Å². The van der Waals surface area contributed by atoms with Gasteiger partial charge in [-0.15, -0.1) is 0 Å². The number of hydrogen-bond donors (Lipinski definition) is 1. The van der Waals surface area contributed by atoms with Gasteiger partial charge in [-0.1, -0.05) is 82.9 Å². The number of anilines is 1. The van der Waals surface area contributed by atoms with Crippen LogP contribution in [0.5, 0.6) is 0 Å². The van der Waals surface area contributed by atoms with Crippen LogP contribution in [-0.4, -0.2) is 32.7 Å². The molecule has 3 fully saturated rings. The number of hydrogen-bond acceptors (Lipinski definition) is 8. The Balaban J connectivity index is 1.22. The highest BCUT2D eigenvalue weighted by Crippen LogP contribution is 2.67. The second kappa shape index (κ2) is 12.3. The Hall–Kier alpha value is -2.87. The number of allylic oxidation sites excluding steroid dienone is 1. The smallest absolute Gasteiger partial charge is 0.302 e. The van der Waals surface area contributed by atoms with E-state index in [0.29, 0.717) is 28.8 Å². The van der Waals surface area contributed by atoms with Gasteiger partial charge in [0.2, 0.25) is 5.13 Å². The molecule has 8 heteroatoms. The average molecular weight is 642 g/mol. The Morgan fingerprint density at radius 3 is 2.57 bits per heavy atom. The van der Waals surface area contributed by atoms with Crippen molar-refractivity contribution in [1.82, 2.24) is 15.0 Å². The van der Waals surface area contributed by atoms with E-state index in [2.05, 4.69) is 46.1 Å². The molecule has 0 unspecified atom stereocenters. The fraction of sp³-hybridized carbons (Fsp3) is 0.658. The zero-order valence-corrected chi connectivity index (χ0v) is 29.3. The van der Waals surface area contributed by atoms with E-state index in [4.69, 9.17) is 24.8 Å². The van der Waals surface area contributed by atoms with Gasteiger partial charge in [-0.3, -0.25) is 10.2 Å². The Kier molecular flexibility index (Phi) is 8.48. The van der Waals surface area contributed by atoms with E-state index in [0.717, 1.165) is 63.7 Å². The lowest BCUT2D eigenvalue weighted by Crippen LogP contribution is -2.54. The first-order valence-corrected chi connectivity index (χ1v) is 18.6. The third kappa shape index (κ3) is 5.67. The fourth-order valence-corrected chi connectivity index (χ4v) is 11.1. The lowest BCUT2D eigenvalue weighted by Gasteiger charge is -2.58. The number of aromatic nitrogens is 3. The summed E-state index contributed by atoms with van der Waals surface area (Å²) in [6.07, 6.45) is 14.3. The Labute approximate surface area is 278 Å². The molecule has 1 N–H and O–H groups in total. The molecule has 246 valence electrons. The predicted octanol–water partition coefficient (Wildman–Crippen LogP) is 9.59. The van der Waals surface area contributed by atoms with E-state index < -0.39 is 0 Å². The summed E-state index contributed by atoms with van der Waals surface area (Å²) in [6, 6.07) is 7.95. The minimum absolute atomic E-state index is 0.0467. The Morgan fingerprint density at radius 2 is 1.80 bits per heavy atom. The van der Waals surface area contributed by atoms with Crippen LogP contribution in [0.15, 0.2) is 41.0 Å². The van der Waals surface area contributed by atoms with E-state index in [1.807, 2.05) is 24.3 Å². The third-order valence-corrected chi connectivity index (χ3v) is 13.5. The standard InChI is InChI=1S/C38H51N5O2S/c1-22(2)10-9-11-23(3)27-14-15-28-33-29(17-19-38(27,28)6)37(5)18-16-26(45-24(4)44)20-25(37)21-32(33)42-43-36-41-34-35(46-36)40-31-13-8-7-12-30(31)39-34/h7-8,12-13,21-23,26-29,33H,9-11,14-20H2,1-6H3,(H,39,41,43)/b42-32+/t23-,26+,27-,28+,29+,33+,37+,38-/m1/s1. The summed E-state index contributed by atoms with van der Waals surface area (Å²) in [4.78, 5) is 27.1. The molecule has 0 amide bonds. The molecule has 2 heterocycles. The number of ether oxygens (including phenoxy) is 1. The maximum atomic E-state index is 11.9. The monoisotopic (exact) mass is 641 g/mol. The molecule has 1 aromatic carbocycles. The minimum Gasteiger partial charge on any atom is -0.462 e. The number of nitrogens with zero attached hydrogens (tertiary/aromatic N) is 4. The number of carbonyl (C=O) groups is 1. The Morgan fingerprint density at radius 1 is 1.02 bits per heavy atom. The fourth-order valence-electron chi connectivity index (χ4n) is 10.3. The van der Waals surface area contributed by atoms with E-state index in [-0.39, 0.29) is 17.5 Å². The van der Waals surface area contributed by atoms with Crippen LogP contribution < -0.4 is 5.43 Å². The van der Waals surface area contributed by atoms with Crippen LogP contribution in [0.2, 0.25) is 0 Å². The molecule has 0 saturated heterocycles. The van der Waals surface area contributed by atoms with Gasteiger partial charge in [0.1, 0.15) is 6.10 Å². The van der Waals surface area contributed by atoms with Gasteiger partial charge in [-0.05, 0) is 97.2 Å². The number of benzene rings is 1. The van der Waals surface area contributed by atoms with E-state index in [1.165, 1.54) is 68.8 Å². The molecule has 0 aliphatic heterocycles. The van der Waals surface area contributed by atoms with Crippen LogP contribution in [0.3, 0.4) is 0 Å². The topological polar surface area (TPSA) is 89.4 Å². The highest BCUT2D eigenvalue weighted by molar-refractivity contribution is 7.21. The van der Waals surface area contributed by atoms with Crippen molar-refractivity contribution in [1.29, 1.82) is 0 Å². The molecular formula is C38H51N5O2S. The van der Waals surface area contributed by atoms with Crippen LogP contribution in [0.25, 0.3) is 21.5 Å². The van der Waals surface area contributed by atoms with Crippen molar-refractivity contribution in [3.8, 4) is 0 Å². The number of thiazole rings is 1. The summed E-state index contributed by atoms with van der Waals surface area (Å²) in [5, 5.41) is 5.94. The maximum Gasteiger partial charge on any atom is 0.302 e. The quantitative estimate of drug-likeness (QED) is 0.195. The summed E-state index contributed by atoms with van der Waals surface area (Å²) in [7, 11) is 0. The summed E-state index contributed by atoms with van der Waals surface area (Å²) in [5.41, 5.74) is 8.81. The molecule has 3 aromatic rings. The number of hydrazone groups is 1. The first-order chi connectivity index (χ1) is 22.0. The second-order valence-electron chi connectivity index (χ2n) is 15.8. The Bertz CT molecular complexity index is 1630. The van der Waals surface area contributed by atoms with Crippen LogP contribution >= 0.6 is 11.3 Å². The number of para-hydroxylation sites is 2. The lowest BCUT2D eigenvalue weighted by atomic mass is 9.46. The van der Waals surface area contributed by atoms with Crippen molar-refractivity contribution in [3.63, 3.8) is 0 Å². The molecule has 7 rings (SSSR count). The molecule has 3 saturated carbocycles. The van der Waals surface area contributed by atoms with Crippen molar-refractivity contribution in [2.24, 2.45) is 51.4 Å². The number of rotatable bonds is 8. The number of fused-ring (bicyclic) bond motifs is 7. The number of carbonyl (C=O) groups excluding carboxylic acids is 1. The van der Waals surface area contributed by atoms with Gasteiger partial charge >= 0.3 is 5.97 Å². The predicted molar refractivity (Wildman–Crippen MR) is 188 cm³/mol. The van der Waals surface area contributed by atoms with Crippen molar-refractivity contribution in [2.45, 2.75) is 112 Å². The highest BCUT2D eigenvalue weighted by atomic mass is 32.1. The van der Waals surface area contributed by atoms with Crippen LogP contribution in [0.4, 0.5) is 5.13 Å². The van der Waals surface area contributed by atoms with Crippen molar-refractivity contribution in [3.05, 3.63) is 35.9 Å². The number of nitrogens with one attached hydrogen (secondary N) is 1. The molecular weight excluding hydrogens is 591 g/mol. The number of esters is 1. The highest BCUT2D eigenvalue weighted by Gasteiger charge is 2.61. The van der Waals surface area contributed by atoms with Gasteiger partial charge in [0.05, 0.1) is 16.7 Å². The molecule has 4 aliphatic carbocycles. The zero-order valence-electron chi connectivity index (χ0n) is 28.5. The van der Waals surface area contributed by atoms with E-state index in [9.17, 15) is 4.79 Å². The van der Waals surface area contributed by atoms with Gasteiger partial charge < -0.3 is 4.74 Å². The molecule has 2 aromatic heterocycles. The summed E-state index contributed by atoms with van der Waals surface area (Å²) < 4.78 is 5.77. The van der Waals surface area contributed by atoms with Gasteiger partial charge in [-0.2, -0.15) is 10.1 Å². The van der Waals surface area contributed by atoms with Gasteiger partial charge in [0.15, 0.2) is 10.5 Å². The van der Waals surface area contributed by atoms with Crippen LogP contribution in [0, 0.1) is 46.3 Å². The summed E-state index contributed by atoms with van der Waals surface area (Å²) in [5.74, 6) is 3.70. The van der Waals surface area contributed by atoms with Crippen molar-refractivity contribution in [2.75, 3.05) is 5.43 Å². The summed E-state index contributed by atoms with van der Waals surface area (Å²) in [6.45, 7) is 13.9. The lowest BCUT2D eigenvalue weighted by molar-refractivity contribution is -0.148. The third-order valence-electron chi connectivity index (χ3n) is 12.7. The van der Waals surface area contributed by atoms with Crippen molar-refractivity contribution >= 4 is 49.7 Å². The van der Waals surface area contributed by atoms with E-state index in [1.54, 1.807) is 0 Å². The molecule has 0 radical (unpaired) electrons. The molecule has 46 heavy (non-hydrogen) atoms. The molecule has 0 bridgehead atoms.